The first-order valence-electron chi connectivity index (χ1n) is 5.11. The van der Waals surface area contributed by atoms with Crippen molar-refractivity contribution in [1.82, 2.24) is 0 Å². The molecule has 1 atom stereocenters. The molecule has 0 aromatic heterocycles. The van der Waals surface area contributed by atoms with Crippen molar-refractivity contribution >= 4 is 11.8 Å². The number of aliphatic hydroxyl groups excluding tert-OH is 1. The van der Waals surface area contributed by atoms with Crippen LogP contribution in [0.4, 0.5) is 0 Å². The third-order valence-corrected chi connectivity index (χ3v) is 4.10. The van der Waals surface area contributed by atoms with Gasteiger partial charge >= 0.3 is 0 Å². The fourth-order valence-electron chi connectivity index (χ4n) is 1.70. The lowest BCUT2D eigenvalue weighted by molar-refractivity contribution is 0.0271. The van der Waals surface area contributed by atoms with E-state index in [9.17, 15) is 5.11 Å². The van der Waals surface area contributed by atoms with Gasteiger partial charge in [0.05, 0.1) is 12.2 Å². The average molecular weight is 204 g/mol. The molecule has 3 heteroatoms. The Balaban J connectivity index is 2.24. The molecule has 0 heterocycles. The number of hydrogen-bond acceptors (Lipinski definition) is 3. The van der Waals surface area contributed by atoms with Crippen LogP contribution in [0.1, 0.15) is 39.0 Å². The summed E-state index contributed by atoms with van der Waals surface area (Å²) in [6.45, 7) is 2.21. The molecule has 1 fully saturated rings. The summed E-state index contributed by atoms with van der Waals surface area (Å²) in [4.78, 5) is 0. The van der Waals surface area contributed by atoms with Crippen molar-refractivity contribution < 1.29 is 10.2 Å². The van der Waals surface area contributed by atoms with Gasteiger partial charge in [0.2, 0.25) is 0 Å². The first-order chi connectivity index (χ1) is 6.16. The van der Waals surface area contributed by atoms with Crippen molar-refractivity contribution in [2.75, 3.05) is 12.4 Å². The molecule has 1 aliphatic rings. The Morgan fingerprint density at radius 1 is 1.31 bits per heavy atom. The van der Waals surface area contributed by atoms with Crippen LogP contribution in [0.15, 0.2) is 0 Å². The zero-order chi connectivity index (χ0) is 9.73. The van der Waals surface area contributed by atoms with Gasteiger partial charge in [-0.25, -0.2) is 0 Å². The quantitative estimate of drug-likeness (QED) is 0.733. The maximum atomic E-state index is 10.1. The highest BCUT2D eigenvalue weighted by atomic mass is 32.2. The lowest BCUT2D eigenvalue weighted by atomic mass is 9.86. The predicted molar refractivity (Wildman–Crippen MR) is 57.0 cm³/mol. The van der Waals surface area contributed by atoms with Crippen molar-refractivity contribution in [2.45, 2.75) is 49.9 Å². The molecule has 0 bridgehead atoms. The van der Waals surface area contributed by atoms with Gasteiger partial charge in [0.1, 0.15) is 0 Å². The molecule has 0 aromatic carbocycles. The minimum atomic E-state index is -0.438. The Morgan fingerprint density at radius 3 is 2.46 bits per heavy atom. The minimum Gasteiger partial charge on any atom is -0.395 e. The maximum Gasteiger partial charge on any atom is 0.0737 e. The molecule has 2 N–H and O–H groups in total. The van der Waals surface area contributed by atoms with Gasteiger partial charge in [0.15, 0.2) is 0 Å². The van der Waals surface area contributed by atoms with Gasteiger partial charge in [0, 0.05) is 11.0 Å². The van der Waals surface area contributed by atoms with Crippen LogP contribution in [0.5, 0.6) is 0 Å². The Morgan fingerprint density at radius 2 is 1.92 bits per heavy atom. The molecule has 1 saturated carbocycles. The molecule has 1 rings (SSSR count). The second kappa shape index (κ2) is 5.23. The molecule has 1 aliphatic carbocycles. The summed E-state index contributed by atoms with van der Waals surface area (Å²) >= 11 is 1.68. The molecule has 78 valence electrons. The van der Waals surface area contributed by atoms with E-state index >= 15 is 0 Å². The Hall–Kier alpha value is 0.270. The Labute approximate surface area is 84.7 Å². The molecular weight excluding hydrogens is 184 g/mol. The van der Waals surface area contributed by atoms with E-state index in [4.69, 9.17) is 5.11 Å². The molecule has 0 aliphatic heterocycles. The van der Waals surface area contributed by atoms with E-state index in [1.807, 2.05) is 6.92 Å². The maximum absolute atomic E-state index is 10.1. The van der Waals surface area contributed by atoms with Crippen LogP contribution in [0.3, 0.4) is 0 Å². The van der Waals surface area contributed by atoms with E-state index in [0.717, 1.165) is 31.4 Å². The Kier molecular flexibility index (Phi) is 4.56. The molecule has 0 saturated heterocycles. The van der Waals surface area contributed by atoms with Crippen molar-refractivity contribution in [1.29, 1.82) is 0 Å². The molecule has 13 heavy (non-hydrogen) atoms. The number of aliphatic hydroxyl groups is 2. The van der Waals surface area contributed by atoms with Gasteiger partial charge in [-0.3, -0.25) is 0 Å². The Bertz CT molecular complexity index is 144. The van der Waals surface area contributed by atoms with E-state index < -0.39 is 5.60 Å². The largest absolute Gasteiger partial charge is 0.395 e. The number of hydrogen-bond donors (Lipinski definition) is 2. The van der Waals surface area contributed by atoms with E-state index in [0.29, 0.717) is 0 Å². The number of thioether (sulfide) groups is 1. The first kappa shape index (κ1) is 11.3. The standard InChI is InChI=1S/C10H20O2S/c1-9(7-11)13-8-10(12)5-3-2-4-6-10/h9,11-12H,2-8H2,1H3. The molecule has 0 aromatic rings. The summed E-state index contributed by atoms with van der Waals surface area (Å²) in [5.41, 5.74) is -0.438. The highest BCUT2D eigenvalue weighted by molar-refractivity contribution is 7.99. The summed E-state index contributed by atoms with van der Waals surface area (Å²) in [7, 11) is 0. The highest BCUT2D eigenvalue weighted by Gasteiger charge is 2.29. The van der Waals surface area contributed by atoms with Crippen molar-refractivity contribution in [3.8, 4) is 0 Å². The summed E-state index contributed by atoms with van der Waals surface area (Å²) in [5.74, 6) is 0.786. The lowest BCUT2D eigenvalue weighted by Gasteiger charge is -2.32. The second-order valence-electron chi connectivity index (χ2n) is 4.09. The van der Waals surface area contributed by atoms with Crippen LogP contribution >= 0.6 is 11.8 Å². The van der Waals surface area contributed by atoms with Gasteiger partial charge in [-0.05, 0) is 12.8 Å². The van der Waals surface area contributed by atoms with Gasteiger partial charge in [0.25, 0.3) is 0 Å². The third kappa shape index (κ3) is 3.88. The number of rotatable bonds is 4. The zero-order valence-corrected chi connectivity index (χ0v) is 9.15. The molecular formula is C10H20O2S. The fraction of sp³-hybridized carbons (Fsp3) is 1.00. The molecule has 2 nitrogen and oxygen atoms in total. The van der Waals surface area contributed by atoms with Crippen molar-refractivity contribution in [3.63, 3.8) is 0 Å². The smallest absolute Gasteiger partial charge is 0.0737 e. The van der Waals surface area contributed by atoms with Crippen LogP contribution in [-0.2, 0) is 0 Å². The third-order valence-electron chi connectivity index (χ3n) is 2.68. The van der Waals surface area contributed by atoms with Crippen LogP contribution in [-0.4, -0.2) is 33.4 Å². The molecule has 0 radical (unpaired) electrons. The van der Waals surface area contributed by atoms with Crippen LogP contribution < -0.4 is 0 Å². The molecule has 0 spiro atoms. The predicted octanol–water partition coefficient (Wildman–Crippen LogP) is 1.80. The van der Waals surface area contributed by atoms with Gasteiger partial charge in [-0.2, -0.15) is 11.8 Å². The van der Waals surface area contributed by atoms with E-state index in [1.165, 1.54) is 6.42 Å². The van der Waals surface area contributed by atoms with E-state index in [1.54, 1.807) is 11.8 Å². The second-order valence-corrected chi connectivity index (χ2v) is 5.52. The fourth-order valence-corrected chi connectivity index (χ4v) is 2.69. The topological polar surface area (TPSA) is 40.5 Å². The van der Waals surface area contributed by atoms with Crippen LogP contribution in [0, 0.1) is 0 Å². The normalized spacial score (nSPS) is 24.2. The molecule has 1 unspecified atom stereocenters. The summed E-state index contributed by atoms with van der Waals surface area (Å²) in [5, 5.41) is 19.2. The highest BCUT2D eigenvalue weighted by Crippen LogP contribution is 2.31. The van der Waals surface area contributed by atoms with Crippen LogP contribution in [0.25, 0.3) is 0 Å². The lowest BCUT2D eigenvalue weighted by Crippen LogP contribution is -2.34. The van der Waals surface area contributed by atoms with E-state index in [-0.39, 0.29) is 11.9 Å². The van der Waals surface area contributed by atoms with Gasteiger partial charge in [-0.15, -0.1) is 0 Å². The van der Waals surface area contributed by atoms with Crippen molar-refractivity contribution in [3.05, 3.63) is 0 Å². The summed E-state index contributed by atoms with van der Waals surface area (Å²) in [6, 6.07) is 0. The molecule has 0 amide bonds. The SMILES string of the molecule is CC(CO)SCC1(O)CCCCC1. The first-order valence-corrected chi connectivity index (χ1v) is 6.16. The minimum absolute atomic E-state index is 0.209. The summed E-state index contributed by atoms with van der Waals surface area (Å²) < 4.78 is 0. The van der Waals surface area contributed by atoms with Crippen LogP contribution in [0.2, 0.25) is 0 Å². The van der Waals surface area contributed by atoms with Gasteiger partial charge < -0.3 is 10.2 Å². The average Bonchev–Trinajstić information content (AvgIpc) is 2.15. The van der Waals surface area contributed by atoms with Crippen molar-refractivity contribution in [2.24, 2.45) is 0 Å². The van der Waals surface area contributed by atoms with E-state index in [2.05, 4.69) is 0 Å². The summed E-state index contributed by atoms with van der Waals surface area (Å²) in [6.07, 6.45) is 5.47. The zero-order valence-electron chi connectivity index (χ0n) is 8.33. The van der Waals surface area contributed by atoms with Gasteiger partial charge in [-0.1, -0.05) is 26.2 Å². The monoisotopic (exact) mass is 204 g/mol.